The second kappa shape index (κ2) is 6.67. The lowest BCUT2D eigenvalue weighted by Crippen LogP contribution is -2.19. The van der Waals surface area contributed by atoms with Crippen molar-refractivity contribution in [1.29, 1.82) is 0 Å². The first kappa shape index (κ1) is 16.1. The van der Waals surface area contributed by atoms with Gasteiger partial charge in [0.15, 0.2) is 5.11 Å². The minimum absolute atomic E-state index is 0.0371. The quantitative estimate of drug-likeness (QED) is 0.489. The molecule has 0 aliphatic rings. The normalized spacial score (nSPS) is 10.1. The van der Waals surface area contributed by atoms with Gasteiger partial charge in [0.25, 0.3) is 5.69 Å². The first-order valence-electron chi connectivity index (χ1n) is 6.15. The van der Waals surface area contributed by atoms with Gasteiger partial charge in [-0.05, 0) is 49.0 Å². The van der Waals surface area contributed by atoms with Crippen LogP contribution >= 0.6 is 23.8 Å². The van der Waals surface area contributed by atoms with Crippen LogP contribution in [0.2, 0.25) is 5.02 Å². The van der Waals surface area contributed by atoms with E-state index in [1.807, 2.05) is 0 Å². The van der Waals surface area contributed by atoms with E-state index in [2.05, 4.69) is 10.6 Å². The average molecular weight is 340 g/mol. The van der Waals surface area contributed by atoms with E-state index in [1.54, 1.807) is 25.1 Å². The molecule has 22 heavy (non-hydrogen) atoms. The smallest absolute Gasteiger partial charge is 0.289 e. The van der Waals surface area contributed by atoms with E-state index >= 15 is 0 Å². The van der Waals surface area contributed by atoms with Gasteiger partial charge >= 0.3 is 0 Å². The van der Waals surface area contributed by atoms with Crippen molar-refractivity contribution in [3.63, 3.8) is 0 Å². The number of rotatable bonds is 3. The third-order valence-corrected chi connectivity index (χ3v) is 3.35. The number of nitro benzene ring substituents is 1. The molecule has 114 valence electrons. The second-order valence-corrected chi connectivity index (χ2v) is 5.28. The molecule has 0 saturated carbocycles. The summed E-state index contributed by atoms with van der Waals surface area (Å²) in [6.45, 7) is 1.66. The number of nitro groups is 1. The van der Waals surface area contributed by atoms with Crippen LogP contribution in [-0.2, 0) is 0 Å². The van der Waals surface area contributed by atoms with Crippen molar-refractivity contribution < 1.29 is 9.31 Å². The van der Waals surface area contributed by atoms with Gasteiger partial charge in [-0.3, -0.25) is 10.1 Å². The summed E-state index contributed by atoms with van der Waals surface area (Å²) in [7, 11) is 0. The van der Waals surface area contributed by atoms with Gasteiger partial charge in [0.05, 0.1) is 4.92 Å². The molecule has 0 spiro atoms. The molecule has 0 bridgehead atoms. The van der Waals surface area contributed by atoms with E-state index in [0.717, 1.165) is 0 Å². The van der Waals surface area contributed by atoms with Crippen molar-refractivity contribution in [2.24, 2.45) is 0 Å². The molecule has 0 atom stereocenters. The Bertz CT molecular complexity index is 755. The number of aryl methyl sites for hydroxylation is 1. The topological polar surface area (TPSA) is 67.2 Å². The lowest BCUT2D eigenvalue weighted by Gasteiger charge is -2.11. The van der Waals surface area contributed by atoms with Crippen LogP contribution in [0.25, 0.3) is 0 Å². The van der Waals surface area contributed by atoms with Crippen molar-refractivity contribution in [1.82, 2.24) is 0 Å². The Kier molecular flexibility index (Phi) is 4.89. The van der Waals surface area contributed by atoms with Crippen LogP contribution in [0.4, 0.5) is 21.5 Å². The van der Waals surface area contributed by atoms with Crippen molar-refractivity contribution in [2.45, 2.75) is 6.92 Å². The van der Waals surface area contributed by atoms with Crippen LogP contribution in [-0.4, -0.2) is 10.0 Å². The lowest BCUT2D eigenvalue weighted by molar-refractivity contribution is -0.384. The molecule has 0 aliphatic heterocycles. The summed E-state index contributed by atoms with van der Waals surface area (Å²) in [6, 6.07) is 8.83. The van der Waals surface area contributed by atoms with Gasteiger partial charge in [-0.1, -0.05) is 17.7 Å². The molecule has 5 nitrogen and oxygen atoms in total. The van der Waals surface area contributed by atoms with Gasteiger partial charge in [-0.15, -0.1) is 0 Å². The van der Waals surface area contributed by atoms with Crippen molar-refractivity contribution >= 4 is 46.0 Å². The fraction of sp³-hybridized carbons (Fsp3) is 0.0714. The Hall–Kier alpha value is -2.25. The summed E-state index contributed by atoms with van der Waals surface area (Å²) in [6.07, 6.45) is 0. The largest absolute Gasteiger partial charge is 0.332 e. The highest BCUT2D eigenvalue weighted by atomic mass is 35.5. The highest BCUT2D eigenvalue weighted by Crippen LogP contribution is 2.27. The second-order valence-electron chi connectivity index (χ2n) is 4.47. The van der Waals surface area contributed by atoms with Gasteiger partial charge in [0, 0.05) is 17.4 Å². The molecule has 0 unspecified atom stereocenters. The predicted molar refractivity (Wildman–Crippen MR) is 89.1 cm³/mol. The van der Waals surface area contributed by atoms with E-state index in [0.29, 0.717) is 16.9 Å². The molecular formula is C14H11ClFN3O2S. The third kappa shape index (κ3) is 3.90. The first-order chi connectivity index (χ1) is 10.4. The van der Waals surface area contributed by atoms with E-state index < -0.39 is 4.92 Å². The monoisotopic (exact) mass is 339 g/mol. The first-order valence-corrected chi connectivity index (χ1v) is 6.93. The number of nitrogens with zero attached hydrogens (tertiary/aromatic N) is 1. The molecule has 2 aromatic rings. The Balaban J connectivity index is 2.10. The highest BCUT2D eigenvalue weighted by molar-refractivity contribution is 7.80. The lowest BCUT2D eigenvalue weighted by atomic mass is 10.2. The number of halogens is 2. The van der Waals surface area contributed by atoms with Crippen LogP contribution < -0.4 is 10.6 Å². The molecule has 0 saturated heterocycles. The zero-order chi connectivity index (χ0) is 16.3. The molecule has 0 fully saturated rings. The summed E-state index contributed by atoms with van der Waals surface area (Å²) in [5.74, 6) is -0.352. The SMILES string of the molecule is Cc1ccc(NC(=S)Nc2ccc(Cl)c([N+](=O)[O-])c2)cc1F. The molecule has 2 aromatic carbocycles. The molecule has 0 radical (unpaired) electrons. The number of benzene rings is 2. The molecule has 0 aromatic heterocycles. The fourth-order valence-corrected chi connectivity index (χ4v) is 2.12. The Morgan fingerprint density at radius 1 is 1.23 bits per heavy atom. The molecule has 0 aliphatic carbocycles. The molecular weight excluding hydrogens is 329 g/mol. The maximum atomic E-state index is 13.4. The maximum Gasteiger partial charge on any atom is 0.289 e. The van der Waals surface area contributed by atoms with Gasteiger partial charge in [-0.2, -0.15) is 0 Å². The fourth-order valence-electron chi connectivity index (χ4n) is 1.69. The van der Waals surface area contributed by atoms with Crippen LogP contribution in [0.1, 0.15) is 5.56 Å². The molecule has 8 heteroatoms. The zero-order valence-electron chi connectivity index (χ0n) is 11.4. The average Bonchev–Trinajstić information content (AvgIpc) is 2.44. The summed E-state index contributed by atoms with van der Waals surface area (Å²) in [4.78, 5) is 10.2. The minimum atomic E-state index is -0.584. The van der Waals surface area contributed by atoms with Gasteiger partial charge in [0.1, 0.15) is 10.8 Å². The molecule has 2 N–H and O–H groups in total. The van der Waals surface area contributed by atoms with E-state index in [4.69, 9.17) is 23.8 Å². The van der Waals surface area contributed by atoms with Crippen molar-refractivity contribution in [3.8, 4) is 0 Å². The van der Waals surface area contributed by atoms with E-state index in [1.165, 1.54) is 18.2 Å². The van der Waals surface area contributed by atoms with Crippen molar-refractivity contribution in [3.05, 3.63) is 62.9 Å². The van der Waals surface area contributed by atoms with Crippen LogP contribution in [0.15, 0.2) is 36.4 Å². The third-order valence-electron chi connectivity index (χ3n) is 2.83. The number of hydrogen-bond donors (Lipinski definition) is 2. The maximum absolute atomic E-state index is 13.4. The molecule has 0 amide bonds. The summed E-state index contributed by atoms with van der Waals surface area (Å²) >= 11 is 10.8. The Morgan fingerprint density at radius 2 is 1.82 bits per heavy atom. The summed E-state index contributed by atoms with van der Waals surface area (Å²) < 4.78 is 13.4. The van der Waals surface area contributed by atoms with Crippen LogP contribution in [0, 0.1) is 22.9 Å². The molecule has 0 heterocycles. The van der Waals surface area contributed by atoms with E-state index in [-0.39, 0.29) is 21.6 Å². The van der Waals surface area contributed by atoms with Crippen LogP contribution in [0.3, 0.4) is 0 Å². The summed E-state index contributed by atoms with van der Waals surface area (Å²) in [5.41, 5.74) is 1.18. The summed E-state index contributed by atoms with van der Waals surface area (Å²) in [5, 5.41) is 16.6. The number of hydrogen-bond acceptors (Lipinski definition) is 3. The van der Waals surface area contributed by atoms with Crippen LogP contribution in [0.5, 0.6) is 0 Å². The standard InChI is InChI=1S/C14H11ClFN3O2S/c1-8-2-3-9(6-12(8)16)17-14(22)18-10-4-5-11(15)13(7-10)19(20)21/h2-7H,1H3,(H2,17,18,22). The Labute approximate surface area is 136 Å². The van der Waals surface area contributed by atoms with Crippen molar-refractivity contribution in [2.75, 3.05) is 10.6 Å². The zero-order valence-corrected chi connectivity index (χ0v) is 13.0. The Morgan fingerprint density at radius 3 is 2.41 bits per heavy atom. The number of anilines is 2. The molecule has 2 rings (SSSR count). The number of nitrogens with one attached hydrogen (secondary N) is 2. The van der Waals surface area contributed by atoms with Gasteiger partial charge in [0.2, 0.25) is 0 Å². The van der Waals surface area contributed by atoms with Gasteiger partial charge in [-0.25, -0.2) is 4.39 Å². The predicted octanol–water partition coefficient (Wildman–Crippen LogP) is 4.50. The minimum Gasteiger partial charge on any atom is -0.332 e. The van der Waals surface area contributed by atoms with Gasteiger partial charge < -0.3 is 10.6 Å². The van der Waals surface area contributed by atoms with E-state index in [9.17, 15) is 14.5 Å². The highest BCUT2D eigenvalue weighted by Gasteiger charge is 2.13. The number of thiocarbonyl (C=S) groups is 1.